The number of aliphatic hydroxyl groups is 1. The summed E-state index contributed by atoms with van der Waals surface area (Å²) in [5.41, 5.74) is 11.5. The number of aromatic nitrogens is 3. The Hall–Kier alpha value is -3.42. The van der Waals surface area contributed by atoms with Crippen LogP contribution in [0, 0.1) is 11.7 Å². The van der Waals surface area contributed by atoms with Gasteiger partial charge >= 0.3 is 0 Å². The SMILES string of the molecule is C[C@@]1(O)CN(c2ccc3c(c2)Cn2cc(-c4ccc(F)cc4)cc2-c2nccn2-3)C[C@H]1CN. The van der Waals surface area contributed by atoms with Crippen molar-refractivity contribution in [2.75, 3.05) is 24.5 Å². The summed E-state index contributed by atoms with van der Waals surface area (Å²) in [7, 11) is 0. The number of imidazole rings is 1. The quantitative estimate of drug-likeness (QED) is 0.447. The molecule has 33 heavy (non-hydrogen) atoms. The minimum atomic E-state index is -0.795. The van der Waals surface area contributed by atoms with Gasteiger partial charge in [-0.15, -0.1) is 0 Å². The highest BCUT2D eigenvalue weighted by atomic mass is 19.1. The van der Waals surface area contributed by atoms with Gasteiger partial charge < -0.3 is 20.3 Å². The van der Waals surface area contributed by atoms with E-state index >= 15 is 0 Å². The minimum Gasteiger partial charge on any atom is -0.388 e. The summed E-state index contributed by atoms with van der Waals surface area (Å²) in [5.74, 6) is 0.683. The summed E-state index contributed by atoms with van der Waals surface area (Å²) in [4.78, 5) is 6.86. The highest BCUT2D eigenvalue weighted by Gasteiger charge is 2.40. The summed E-state index contributed by atoms with van der Waals surface area (Å²) in [6, 6.07) is 15.1. The molecular formula is C26H26FN5O. The molecule has 0 amide bonds. The van der Waals surface area contributed by atoms with E-state index in [0.29, 0.717) is 19.6 Å². The lowest BCUT2D eigenvalue weighted by atomic mass is 9.93. The Morgan fingerprint density at radius 3 is 2.73 bits per heavy atom. The first-order chi connectivity index (χ1) is 15.9. The Balaban J connectivity index is 1.42. The van der Waals surface area contributed by atoms with Crippen LogP contribution in [0.1, 0.15) is 12.5 Å². The molecule has 4 heterocycles. The van der Waals surface area contributed by atoms with Gasteiger partial charge in [0.25, 0.3) is 0 Å². The smallest absolute Gasteiger partial charge is 0.161 e. The number of β-amino-alcohol motifs (C(OH)–C–C–N with tert-alkyl or cyclic N) is 1. The summed E-state index contributed by atoms with van der Waals surface area (Å²) in [6.45, 7) is 4.32. The summed E-state index contributed by atoms with van der Waals surface area (Å²) in [6.07, 6.45) is 5.91. The molecule has 0 spiro atoms. The number of halogens is 1. The molecule has 0 unspecified atom stereocenters. The molecule has 0 saturated carbocycles. The van der Waals surface area contributed by atoms with Crippen molar-refractivity contribution < 1.29 is 9.50 Å². The van der Waals surface area contributed by atoms with Crippen LogP contribution in [0.2, 0.25) is 0 Å². The molecule has 3 N–H and O–H groups in total. The fraction of sp³-hybridized carbons (Fsp3) is 0.269. The Kier molecular flexibility index (Phi) is 4.47. The van der Waals surface area contributed by atoms with Gasteiger partial charge in [-0.2, -0.15) is 0 Å². The molecule has 7 heteroatoms. The molecule has 2 aliphatic heterocycles. The van der Waals surface area contributed by atoms with Crippen LogP contribution in [-0.2, 0) is 6.54 Å². The van der Waals surface area contributed by atoms with Gasteiger partial charge in [-0.05, 0) is 61.0 Å². The fourth-order valence-corrected chi connectivity index (χ4v) is 5.20. The van der Waals surface area contributed by atoms with Crippen LogP contribution in [0.3, 0.4) is 0 Å². The van der Waals surface area contributed by atoms with Crippen molar-refractivity contribution in [3.8, 4) is 28.3 Å². The van der Waals surface area contributed by atoms with Gasteiger partial charge in [-0.3, -0.25) is 4.57 Å². The highest BCUT2D eigenvalue weighted by Crippen LogP contribution is 2.37. The third-order valence-electron chi connectivity index (χ3n) is 7.09. The van der Waals surface area contributed by atoms with Gasteiger partial charge in [0.05, 0.1) is 17.0 Å². The number of hydrogen-bond donors (Lipinski definition) is 2. The van der Waals surface area contributed by atoms with E-state index in [9.17, 15) is 9.50 Å². The Morgan fingerprint density at radius 1 is 1.15 bits per heavy atom. The van der Waals surface area contributed by atoms with E-state index in [4.69, 9.17) is 5.73 Å². The second-order valence-electron chi connectivity index (χ2n) is 9.35. The largest absolute Gasteiger partial charge is 0.388 e. The van der Waals surface area contributed by atoms with Gasteiger partial charge in [0.1, 0.15) is 5.82 Å². The van der Waals surface area contributed by atoms with Crippen molar-refractivity contribution >= 4 is 5.69 Å². The lowest BCUT2D eigenvalue weighted by Crippen LogP contribution is -2.38. The summed E-state index contributed by atoms with van der Waals surface area (Å²) in [5, 5.41) is 10.8. The van der Waals surface area contributed by atoms with Crippen molar-refractivity contribution in [1.82, 2.24) is 14.1 Å². The Labute approximate surface area is 191 Å². The molecule has 1 fully saturated rings. The minimum absolute atomic E-state index is 0.0471. The zero-order valence-electron chi connectivity index (χ0n) is 18.4. The van der Waals surface area contributed by atoms with Crippen molar-refractivity contribution in [2.24, 2.45) is 11.7 Å². The fourth-order valence-electron chi connectivity index (χ4n) is 5.20. The molecule has 0 aliphatic carbocycles. The predicted octanol–water partition coefficient (Wildman–Crippen LogP) is 3.65. The second kappa shape index (κ2) is 7.30. The van der Waals surface area contributed by atoms with Crippen molar-refractivity contribution in [2.45, 2.75) is 19.1 Å². The van der Waals surface area contributed by atoms with E-state index in [1.54, 1.807) is 12.1 Å². The zero-order chi connectivity index (χ0) is 22.7. The average molecular weight is 444 g/mol. The van der Waals surface area contributed by atoms with E-state index in [1.165, 1.54) is 17.7 Å². The molecule has 168 valence electrons. The standard InChI is InChI=1S/C26H26FN5O/c1-26(33)16-31(15-20(26)12-28)22-6-7-23-19(10-22)14-30-13-18(17-2-4-21(27)5-3-17)11-24(30)25-29-8-9-32(23)25/h2-11,13,20,33H,12,14-16,28H2,1H3/t20-,26-/m1/s1. The van der Waals surface area contributed by atoms with Crippen LogP contribution in [0.4, 0.5) is 10.1 Å². The van der Waals surface area contributed by atoms with Gasteiger partial charge in [0.2, 0.25) is 0 Å². The van der Waals surface area contributed by atoms with E-state index in [0.717, 1.165) is 40.6 Å². The molecule has 2 aromatic carbocycles. The third-order valence-corrected chi connectivity index (χ3v) is 7.09. The molecule has 4 aromatic rings. The zero-order valence-corrected chi connectivity index (χ0v) is 18.4. The first kappa shape index (κ1) is 20.2. The second-order valence-corrected chi connectivity index (χ2v) is 9.35. The topological polar surface area (TPSA) is 72.2 Å². The number of anilines is 1. The first-order valence-electron chi connectivity index (χ1n) is 11.2. The highest BCUT2D eigenvalue weighted by molar-refractivity contribution is 5.72. The van der Waals surface area contributed by atoms with Crippen LogP contribution in [0.25, 0.3) is 28.3 Å². The Bertz CT molecular complexity index is 1340. The maximum Gasteiger partial charge on any atom is 0.161 e. The number of nitrogens with two attached hydrogens (primary N) is 1. The summed E-state index contributed by atoms with van der Waals surface area (Å²) < 4.78 is 17.7. The van der Waals surface area contributed by atoms with Crippen LogP contribution >= 0.6 is 0 Å². The molecule has 2 aliphatic rings. The van der Waals surface area contributed by atoms with Gasteiger partial charge in [-0.25, -0.2) is 9.37 Å². The van der Waals surface area contributed by atoms with Gasteiger partial charge in [0, 0.05) is 55.4 Å². The van der Waals surface area contributed by atoms with Gasteiger partial charge in [0.15, 0.2) is 5.82 Å². The van der Waals surface area contributed by atoms with Crippen LogP contribution in [0.5, 0.6) is 0 Å². The van der Waals surface area contributed by atoms with E-state index in [2.05, 4.69) is 49.5 Å². The van der Waals surface area contributed by atoms with Gasteiger partial charge in [-0.1, -0.05) is 12.1 Å². The molecule has 2 aromatic heterocycles. The lowest BCUT2D eigenvalue weighted by molar-refractivity contribution is 0.0405. The van der Waals surface area contributed by atoms with E-state index in [-0.39, 0.29) is 11.7 Å². The lowest BCUT2D eigenvalue weighted by Gasteiger charge is -2.23. The van der Waals surface area contributed by atoms with E-state index < -0.39 is 5.60 Å². The molecule has 6 nitrogen and oxygen atoms in total. The molecule has 2 atom stereocenters. The number of nitrogens with zero attached hydrogens (tertiary/aromatic N) is 4. The number of fused-ring (bicyclic) bond motifs is 5. The third kappa shape index (κ3) is 3.27. The van der Waals surface area contributed by atoms with Crippen LogP contribution in [0.15, 0.2) is 67.1 Å². The summed E-state index contributed by atoms with van der Waals surface area (Å²) >= 11 is 0. The predicted molar refractivity (Wildman–Crippen MR) is 127 cm³/mol. The van der Waals surface area contributed by atoms with Crippen LogP contribution < -0.4 is 10.6 Å². The molecule has 6 rings (SSSR count). The molecule has 0 radical (unpaired) electrons. The van der Waals surface area contributed by atoms with Crippen LogP contribution in [-0.4, -0.2) is 44.5 Å². The maximum absolute atomic E-state index is 13.4. The normalized spacial score (nSPS) is 21.5. The monoisotopic (exact) mass is 443 g/mol. The maximum atomic E-state index is 13.4. The number of rotatable bonds is 3. The Morgan fingerprint density at radius 2 is 1.97 bits per heavy atom. The average Bonchev–Trinajstić information content (AvgIpc) is 3.49. The molecule has 1 saturated heterocycles. The molecular weight excluding hydrogens is 417 g/mol. The number of hydrogen-bond acceptors (Lipinski definition) is 4. The number of benzene rings is 2. The first-order valence-corrected chi connectivity index (χ1v) is 11.2. The van der Waals surface area contributed by atoms with Crippen molar-refractivity contribution in [3.05, 3.63) is 78.5 Å². The van der Waals surface area contributed by atoms with E-state index in [1.807, 2.05) is 19.3 Å². The molecule has 0 bridgehead atoms. The van der Waals surface area contributed by atoms with Crippen molar-refractivity contribution in [3.63, 3.8) is 0 Å². The van der Waals surface area contributed by atoms with Crippen molar-refractivity contribution in [1.29, 1.82) is 0 Å².